The average molecular weight is 313 g/mol. The molecule has 3 aliphatic rings. The number of rotatable bonds is 2. The number of esters is 1. The molecular weight excluding hydrogens is 294 g/mol. The minimum Gasteiger partial charge on any atom is -0.449 e. The van der Waals surface area contributed by atoms with Crippen molar-refractivity contribution in [3.63, 3.8) is 0 Å². The molecule has 3 heterocycles. The normalized spacial score (nSPS) is 39.0. The lowest BCUT2D eigenvalue weighted by atomic mass is 9.96. The Labute approximate surface area is 127 Å². The Morgan fingerprint density at radius 3 is 2.73 bits per heavy atom. The van der Waals surface area contributed by atoms with Crippen LogP contribution in [0.5, 0.6) is 0 Å². The Morgan fingerprint density at radius 1 is 1.41 bits per heavy atom. The van der Waals surface area contributed by atoms with Crippen molar-refractivity contribution in [1.82, 2.24) is 5.32 Å². The van der Waals surface area contributed by atoms with Crippen LogP contribution in [0.3, 0.4) is 0 Å². The van der Waals surface area contributed by atoms with Crippen LogP contribution in [0.1, 0.15) is 20.8 Å². The first-order chi connectivity index (χ1) is 10.2. The van der Waals surface area contributed by atoms with Gasteiger partial charge in [0.1, 0.15) is 12.2 Å². The number of ether oxygens (including phenoxy) is 5. The van der Waals surface area contributed by atoms with Crippen LogP contribution in [0.2, 0.25) is 0 Å². The molecule has 1 spiro atoms. The van der Waals surface area contributed by atoms with Gasteiger partial charge in [0.15, 0.2) is 11.9 Å². The van der Waals surface area contributed by atoms with Gasteiger partial charge in [-0.1, -0.05) is 6.58 Å². The molecule has 0 saturated carbocycles. The summed E-state index contributed by atoms with van der Waals surface area (Å²) in [5, 5.41) is 2.52. The molecule has 0 aliphatic carbocycles. The largest absolute Gasteiger partial charge is 0.449 e. The molecule has 0 aromatic carbocycles. The molecule has 0 unspecified atom stereocenters. The van der Waals surface area contributed by atoms with Crippen LogP contribution in [0, 0.1) is 0 Å². The predicted molar refractivity (Wildman–Crippen MR) is 71.7 cm³/mol. The molecule has 3 rings (SSSR count). The van der Waals surface area contributed by atoms with Crippen LogP contribution in [0.4, 0.5) is 4.79 Å². The number of hydrogen-bond acceptors (Lipinski definition) is 7. The van der Waals surface area contributed by atoms with E-state index in [0.29, 0.717) is 0 Å². The zero-order valence-electron chi connectivity index (χ0n) is 12.7. The summed E-state index contributed by atoms with van der Waals surface area (Å²) in [6.45, 7) is 8.84. The fourth-order valence-electron chi connectivity index (χ4n) is 2.84. The van der Waals surface area contributed by atoms with E-state index in [1.54, 1.807) is 13.8 Å². The standard InChI is InChI=1S/C14H19NO7/c1-7(2)11(16)19-10-9-8(20-13(3,4)21-9)5-18-14(10)6-15-12(17)22-14/h8-10H,1,5-6H2,2-4H3,(H,15,17)/t8-,9-,10+,14+/m1/s1. The highest BCUT2D eigenvalue weighted by Crippen LogP contribution is 2.41. The number of alkyl carbamates (subject to hydrolysis) is 1. The summed E-state index contributed by atoms with van der Waals surface area (Å²) in [6, 6.07) is 0. The number of fused-ring (bicyclic) bond motifs is 1. The van der Waals surface area contributed by atoms with E-state index >= 15 is 0 Å². The molecule has 3 saturated heterocycles. The molecule has 1 amide bonds. The average Bonchev–Trinajstić information content (AvgIpc) is 2.93. The lowest BCUT2D eigenvalue weighted by Crippen LogP contribution is -2.63. The van der Waals surface area contributed by atoms with Crippen molar-refractivity contribution in [2.45, 2.75) is 50.7 Å². The van der Waals surface area contributed by atoms with Crippen LogP contribution in [0.15, 0.2) is 12.2 Å². The molecule has 8 heteroatoms. The third-order valence-electron chi connectivity index (χ3n) is 3.77. The van der Waals surface area contributed by atoms with Gasteiger partial charge >= 0.3 is 12.1 Å². The summed E-state index contributed by atoms with van der Waals surface area (Å²) in [7, 11) is 0. The monoisotopic (exact) mass is 313 g/mol. The zero-order chi connectivity index (χ0) is 16.1. The maximum absolute atomic E-state index is 11.9. The van der Waals surface area contributed by atoms with E-state index in [-0.39, 0.29) is 18.7 Å². The molecule has 3 aliphatic heterocycles. The molecule has 0 bridgehead atoms. The topological polar surface area (TPSA) is 92.3 Å². The Morgan fingerprint density at radius 2 is 2.14 bits per heavy atom. The molecule has 0 aromatic rings. The zero-order valence-corrected chi connectivity index (χ0v) is 12.7. The van der Waals surface area contributed by atoms with Crippen molar-refractivity contribution in [1.29, 1.82) is 0 Å². The summed E-state index contributed by atoms with van der Waals surface area (Å²) in [4.78, 5) is 23.4. The van der Waals surface area contributed by atoms with Crippen LogP contribution >= 0.6 is 0 Å². The molecule has 22 heavy (non-hydrogen) atoms. The second-order valence-corrected chi connectivity index (χ2v) is 6.11. The Hall–Kier alpha value is -1.64. The fraction of sp³-hybridized carbons (Fsp3) is 0.714. The van der Waals surface area contributed by atoms with Crippen molar-refractivity contribution in [2.24, 2.45) is 0 Å². The number of amides is 1. The second kappa shape index (κ2) is 4.94. The van der Waals surface area contributed by atoms with E-state index in [1.807, 2.05) is 0 Å². The molecule has 0 radical (unpaired) electrons. The lowest BCUT2D eigenvalue weighted by Gasteiger charge is -2.41. The van der Waals surface area contributed by atoms with E-state index in [0.717, 1.165) is 0 Å². The highest BCUT2D eigenvalue weighted by atomic mass is 16.8. The van der Waals surface area contributed by atoms with Gasteiger partial charge in [0.05, 0.1) is 13.2 Å². The van der Waals surface area contributed by atoms with Crippen LogP contribution in [-0.2, 0) is 28.5 Å². The maximum atomic E-state index is 11.9. The van der Waals surface area contributed by atoms with Gasteiger partial charge in [-0.25, -0.2) is 9.59 Å². The van der Waals surface area contributed by atoms with Crippen molar-refractivity contribution >= 4 is 12.1 Å². The summed E-state index contributed by atoms with van der Waals surface area (Å²) in [5.74, 6) is -2.86. The number of carbonyl (C=O) groups excluding carboxylic acids is 2. The first-order valence-electron chi connectivity index (χ1n) is 7.05. The first-order valence-corrected chi connectivity index (χ1v) is 7.05. The van der Waals surface area contributed by atoms with Gasteiger partial charge in [-0.05, 0) is 20.8 Å². The second-order valence-electron chi connectivity index (χ2n) is 6.11. The molecule has 122 valence electrons. The van der Waals surface area contributed by atoms with Gasteiger partial charge in [0, 0.05) is 5.57 Å². The van der Waals surface area contributed by atoms with E-state index in [4.69, 9.17) is 23.7 Å². The molecular formula is C14H19NO7. The fourth-order valence-corrected chi connectivity index (χ4v) is 2.84. The Bertz CT molecular complexity index is 531. The van der Waals surface area contributed by atoms with Gasteiger partial charge < -0.3 is 29.0 Å². The summed E-state index contributed by atoms with van der Waals surface area (Å²) < 4.78 is 28.0. The van der Waals surface area contributed by atoms with E-state index in [9.17, 15) is 9.59 Å². The number of carbonyl (C=O) groups is 2. The van der Waals surface area contributed by atoms with Gasteiger partial charge in [0.25, 0.3) is 5.79 Å². The first kappa shape index (κ1) is 15.3. The summed E-state index contributed by atoms with van der Waals surface area (Å²) in [5.41, 5.74) is 0.229. The maximum Gasteiger partial charge on any atom is 0.410 e. The molecule has 3 fully saturated rings. The van der Waals surface area contributed by atoms with Gasteiger partial charge in [-0.15, -0.1) is 0 Å². The quantitative estimate of drug-likeness (QED) is 0.585. The minimum atomic E-state index is -1.41. The third-order valence-corrected chi connectivity index (χ3v) is 3.77. The van der Waals surface area contributed by atoms with Crippen LogP contribution in [-0.4, -0.2) is 55.1 Å². The molecule has 8 nitrogen and oxygen atoms in total. The predicted octanol–water partition coefficient (Wildman–Crippen LogP) is 0.461. The highest BCUT2D eigenvalue weighted by molar-refractivity contribution is 5.87. The minimum absolute atomic E-state index is 0.0625. The smallest absolute Gasteiger partial charge is 0.410 e. The summed E-state index contributed by atoms with van der Waals surface area (Å²) >= 11 is 0. The molecule has 0 aromatic heterocycles. The summed E-state index contributed by atoms with van der Waals surface area (Å²) in [6.07, 6.45) is -2.59. The highest BCUT2D eigenvalue weighted by Gasteiger charge is 2.63. The van der Waals surface area contributed by atoms with Crippen molar-refractivity contribution < 1.29 is 33.3 Å². The van der Waals surface area contributed by atoms with Crippen molar-refractivity contribution in [2.75, 3.05) is 13.2 Å². The Balaban J connectivity index is 1.90. The van der Waals surface area contributed by atoms with Gasteiger partial charge in [-0.3, -0.25) is 0 Å². The SMILES string of the molecule is C=C(C)C(=O)O[C@H]1[C@@H]2OC(C)(C)O[C@@H]2CO[C@]12CNC(=O)O2. The van der Waals surface area contributed by atoms with Crippen molar-refractivity contribution in [3.05, 3.63) is 12.2 Å². The molecule has 4 atom stereocenters. The van der Waals surface area contributed by atoms with Gasteiger partial charge in [0.2, 0.25) is 0 Å². The lowest BCUT2D eigenvalue weighted by molar-refractivity contribution is -0.290. The van der Waals surface area contributed by atoms with E-state index in [2.05, 4.69) is 11.9 Å². The number of hydrogen-bond donors (Lipinski definition) is 1. The van der Waals surface area contributed by atoms with Crippen LogP contribution < -0.4 is 5.32 Å². The number of nitrogens with one attached hydrogen (secondary N) is 1. The Kier molecular flexibility index (Phi) is 3.42. The third kappa shape index (κ3) is 2.47. The van der Waals surface area contributed by atoms with Crippen molar-refractivity contribution in [3.8, 4) is 0 Å². The van der Waals surface area contributed by atoms with E-state index in [1.165, 1.54) is 6.92 Å². The molecule has 1 N–H and O–H groups in total. The van der Waals surface area contributed by atoms with E-state index < -0.39 is 41.9 Å². The van der Waals surface area contributed by atoms with Crippen LogP contribution in [0.25, 0.3) is 0 Å². The van der Waals surface area contributed by atoms with Gasteiger partial charge in [-0.2, -0.15) is 0 Å².